The summed E-state index contributed by atoms with van der Waals surface area (Å²) in [6.07, 6.45) is 4.81. The van der Waals surface area contributed by atoms with Crippen LogP contribution >= 0.6 is 0 Å². The number of carbonyl (C=O) groups excluding carboxylic acids is 1. The molecule has 104 valence electrons. The van der Waals surface area contributed by atoms with Crippen LogP contribution in [0.5, 0.6) is 0 Å². The van der Waals surface area contributed by atoms with E-state index in [1.54, 1.807) is 6.07 Å². The molecule has 1 aromatic heterocycles. The van der Waals surface area contributed by atoms with Crippen molar-refractivity contribution in [1.82, 2.24) is 10.3 Å². The first kappa shape index (κ1) is 13.9. The zero-order valence-electron chi connectivity index (χ0n) is 11.1. The number of rotatable bonds is 4. The van der Waals surface area contributed by atoms with Gasteiger partial charge in [-0.15, -0.1) is 0 Å². The van der Waals surface area contributed by atoms with Gasteiger partial charge < -0.3 is 11.1 Å². The summed E-state index contributed by atoms with van der Waals surface area (Å²) in [5.41, 5.74) is 6.15. The maximum atomic E-state index is 12.8. The maximum Gasteiger partial charge on any atom is 0.220 e. The molecule has 3 N–H and O–H groups in total. The third-order valence-electron chi connectivity index (χ3n) is 3.81. The molecule has 1 amide bonds. The zero-order valence-corrected chi connectivity index (χ0v) is 11.1. The number of halogens is 1. The highest BCUT2D eigenvalue weighted by Crippen LogP contribution is 2.25. The van der Waals surface area contributed by atoms with E-state index in [-0.39, 0.29) is 23.7 Å². The van der Waals surface area contributed by atoms with Crippen molar-refractivity contribution in [3.63, 3.8) is 0 Å². The van der Waals surface area contributed by atoms with Gasteiger partial charge in [0.05, 0.1) is 11.9 Å². The number of primary amides is 1. The Morgan fingerprint density at radius 3 is 2.63 bits per heavy atom. The summed E-state index contributed by atoms with van der Waals surface area (Å²) in [5, 5.41) is 3.48. The zero-order chi connectivity index (χ0) is 13.8. The van der Waals surface area contributed by atoms with Crippen molar-refractivity contribution in [2.24, 2.45) is 11.7 Å². The average Bonchev–Trinajstić information content (AvgIpc) is 2.40. The fourth-order valence-corrected chi connectivity index (χ4v) is 2.63. The Labute approximate surface area is 112 Å². The lowest BCUT2D eigenvalue weighted by Gasteiger charge is -2.29. The highest BCUT2D eigenvalue weighted by Gasteiger charge is 2.25. The van der Waals surface area contributed by atoms with E-state index in [0.717, 1.165) is 31.4 Å². The first-order valence-electron chi connectivity index (χ1n) is 6.73. The Morgan fingerprint density at radius 1 is 1.42 bits per heavy atom. The van der Waals surface area contributed by atoms with Crippen LogP contribution in [-0.2, 0) is 4.79 Å². The Balaban J connectivity index is 1.85. The second-order valence-corrected chi connectivity index (χ2v) is 5.24. The molecular formula is C14H20FN3O. The minimum Gasteiger partial charge on any atom is -0.369 e. The van der Waals surface area contributed by atoms with Crippen molar-refractivity contribution in [2.45, 2.75) is 44.7 Å². The number of pyridine rings is 1. The van der Waals surface area contributed by atoms with Crippen LogP contribution in [0.1, 0.15) is 44.3 Å². The third-order valence-corrected chi connectivity index (χ3v) is 3.81. The van der Waals surface area contributed by atoms with Crippen molar-refractivity contribution in [2.75, 3.05) is 0 Å². The smallest absolute Gasteiger partial charge is 0.220 e. The number of hydrogen-bond acceptors (Lipinski definition) is 3. The van der Waals surface area contributed by atoms with Gasteiger partial charge >= 0.3 is 0 Å². The fraction of sp³-hybridized carbons (Fsp3) is 0.571. The van der Waals surface area contributed by atoms with Gasteiger partial charge in [0.1, 0.15) is 5.82 Å². The largest absolute Gasteiger partial charge is 0.369 e. The molecule has 0 saturated heterocycles. The first-order chi connectivity index (χ1) is 9.06. The van der Waals surface area contributed by atoms with Gasteiger partial charge in [-0.3, -0.25) is 9.78 Å². The number of amides is 1. The number of aromatic nitrogens is 1. The number of nitrogens with one attached hydrogen (secondary N) is 1. The van der Waals surface area contributed by atoms with Gasteiger partial charge in [-0.2, -0.15) is 0 Å². The highest BCUT2D eigenvalue weighted by molar-refractivity contribution is 5.76. The Morgan fingerprint density at radius 2 is 2.11 bits per heavy atom. The molecule has 1 aromatic rings. The van der Waals surface area contributed by atoms with E-state index in [4.69, 9.17) is 5.73 Å². The van der Waals surface area contributed by atoms with Crippen LogP contribution < -0.4 is 11.1 Å². The number of hydrogen-bond donors (Lipinski definition) is 2. The van der Waals surface area contributed by atoms with E-state index < -0.39 is 0 Å². The van der Waals surface area contributed by atoms with Crippen molar-refractivity contribution < 1.29 is 9.18 Å². The second-order valence-electron chi connectivity index (χ2n) is 5.24. The predicted molar refractivity (Wildman–Crippen MR) is 70.7 cm³/mol. The molecule has 0 bridgehead atoms. The molecule has 1 aliphatic rings. The molecule has 1 fully saturated rings. The molecule has 0 spiro atoms. The summed E-state index contributed by atoms with van der Waals surface area (Å²) in [6.45, 7) is 2.01. The lowest BCUT2D eigenvalue weighted by molar-refractivity contribution is -0.122. The summed E-state index contributed by atoms with van der Waals surface area (Å²) < 4.78 is 12.8. The Hall–Kier alpha value is -1.49. The Kier molecular flexibility index (Phi) is 4.47. The highest BCUT2D eigenvalue weighted by atomic mass is 19.1. The van der Waals surface area contributed by atoms with E-state index in [1.807, 2.05) is 6.92 Å². The molecular weight excluding hydrogens is 245 g/mol. The fourth-order valence-electron chi connectivity index (χ4n) is 2.63. The van der Waals surface area contributed by atoms with Crippen LogP contribution in [0.15, 0.2) is 18.3 Å². The molecule has 0 aromatic carbocycles. The molecule has 1 unspecified atom stereocenters. The molecule has 1 heterocycles. The van der Waals surface area contributed by atoms with E-state index in [1.165, 1.54) is 12.3 Å². The summed E-state index contributed by atoms with van der Waals surface area (Å²) in [7, 11) is 0. The van der Waals surface area contributed by atoms with Crippen molar-refractivity contribution in [1.29, 1.82) is 0 Å². The van der Waals surface area contributed by atoms with E-state index in [2.05, 4.69) is 10.3 Å². The van der Waals surface area contributed by atoms with Crippen molar-refractivity contribution in [3.8, 4) is 0 Å². The number of nitrogens with zero attached hydrogens (tertiary/aromatic N) is 1. The van der Waals surface area contributed by atoms with Crippen LogP contribution in [0.2, 0.25) is 0 Å². The first-order valence-corrected chi connectivity index (χ1v) is 6.73. The lowest BCUT2D eigenvalue weighted by atomic mass is 9.85. The van der Waals surface area contributed by atoms with Gasteiger partial charge in [0.2, 0.25) is 5.91 Å². The SMILES string of the molecule is CC(NC1CCC(C(N)=O)CC1)c1ccc(F)cn1. The average molecular weight is 265 g/mol. The monoisotopic (exact) mass is 265 g/mol. The van der Waals surface area contributed by atoms with Gasteiger partial charge in [0.25, 0.3) is 0 Å². The second kappa shape index (κ2) is 6.10. The Bertz CT molecular complexity index is 427. The summed E-state index contributed by atoms with van der Waals surface area (Å²) >= 11 is 0. The van der Waals surface area contributed by atoms with Gasteiger partial charge in [0, 0.05) is 18.0 Å². The molecule has 2 rings (SSSR count). The summed E-state index contributed by atoms with van der Waals surface area (Å²) in [6, 6.07) is 3.57. The molecule has 1 saturated carbocycles. The lowest BCUT2D eigenvalue weighted by Crippen LogP contribution is -2.38. The van der Waals surface area contributed by atoms with E-state index >= 15 is 0 Å². The van der Waals surface area contributed by atoms with Crippen LogP contribution in [-0.4, -0.2) is 16.9 Å². The molecule has 5 heteroatoms. The third kappa shape index (κ3) is 3.73. The van der Waals surface area contributed by atoms with Crippen LogP contribution in [0, 0.1) is 11.7 Å². The molecule has 1 aliphatic carbocycles. The molecule has 1 atom stereocenters. The number of carbonyl (C=O) groups is 1. The van der Waals surface area contributed by atoms with Gasteiger partial charge in [0.15, 0.2) is 0 Å². The van der Waals surface area contributed by atoms with Gasteiger partial charge in [-0.1, -0.05) is 0 Å². The molecule has 0 radical (unpaired) electrons. The van der Waals surface area contributed by atoms with E-state index in [0.29, 0.717) is 6.04 Å². The van der Waals surface area contributed by atoms with Crippen LogP contribution in [0.3, 0.4) is 0 Å². The number of nitrogens with two attached hydrogens (primary N) is 1. The molecule has 19 heavy (non-hydrogen) atoms. The maximum absolute atomic E-state index is 12.8. The normalized spacial score (nSPS) is 24.9. The van der Waals surface area contributed by atoms with Crippen LogP contribution in [0.4, 0.5) is 4.39 Å². The minimum absolute atomic E-state index is 0.0253. The van der Waals surface area contributed by atoms with Crippen molar-refractivity contribution in [3.05, 3.63) is 29.8 Å². The van der Waals surface area contributed by atoms with Crippen LogP contribution in [0.25, 0.3) is 0 Å². The van der Waals surface area contributed by atoms with E-state index in [9.17, 15) is 9.18 Å². The summed E-state index contributed by atoms with van der Waals surface area (Å²) in [4.78, 5) is 15.2. The molecule has 4 nitrogen and oxygen atoms in total. The summed E-state index contributed by atoms with van der Waals surface area (Å²) in [5.74, 6) is -0.484. The quantitative estimate of drug-likeness (QED) is 0.874. The van der Waals surface area contributed by atoms with Crippen molar-refractivity contribution >= 4 is 5.91 Å². The van der Waals surface area contributed by atoms with Gasteiger partial charge in [-0.25, -0.2) is 4.39 Å². The van der Waals surface area contributed by atoms with Gasteiger partial charge in [-0.05, 0) is 44.7 Å². The predicted octanol–water partition coefficient (Wildman–Crippen LogP) is 1.92. The molecule has 0 aliphatic heterocycles. The topological polar surface area (TPSA) is 68.0 Å². The minimum atomic E-state index is -0.321. The standard InChI is InChI=1S/C14H20FN3O/c1-9(13-7-4-11(15)8-17-13)18-12-5-2-10(3-6-12)14(16)19/h4,7-10,12,18H,2-3,5-6H2,1H3,(H2,16,19).